The van der Waals surface area contributed by atoms with Gasteiger partial charge >= 0.3 is 0 Å². The van der Waals surface area contributed by atoms with Crippen molar-refractivity contribution in [3.8, 4) is 0 Å². The Balaban J connectivity index is 2.86. The molecule has 0 saturated carbocycles. The molecule has 0 atom stereocenters. The van der Waals surface area contributed by atoms with Gasteiger partial charge in [-0.15, -0.1) is 0 Å². The third-order valence-electron chi connectivity index (χ3n) is 4.63. The van der Waals surface area contributed by atoms with E-state index in [9.17, 15) is 0 Å². The fourth-order valence-corrected chi connectivity index (χ4v) is 3.51. The van der Waals surface area contributed by atoms with E-state index in [0.717, 1.165) is 0 Å². The Morgan fingerprint density at radius 2 is 1.20 bits per heavy atom. The van der Waals surface area contributed by atoms with Crippen LogP contribution in [0, 0.1) is 0 Å². The zero-order chi connectivity index (χ0) is 14.7. The van der Waals surface area contributed by atoms with E-state index in [2.05, 4.69) is 51.1 Å². The van der Waals surface area contributed by atoms with E-state index in [1.54, 1.807) is 5.56 Å². The third-order valence-corrected chi connectivity index (χ3v) is 4.63. The molecule has 0 aromatic heterocycles. The molecule has 0 radical (unpaired) electrons. The molecule has 0 heterocycles. The van der Waals surface area contributed by atoms with Crippen molar-refractivity contribution in [2.24, 2.45) is 0 Å². The summed E-state index contributed by atoms with van der Waals surface area (Å²) in [7, 11) is 0. The second-order valence-electron chi connectivity index (χ2n) is 6.31. The van der Waals surface area contributed by atoms with Gasteiger partial charge in [-0.2, -0.15) is 0 Å². The Bertz CT molecular complexity index is 315. The maximum absolute atomic E-state index is 2.37. The maximum Gasteiger partial charge on any atom is -0.00471 e. The average molecular weight is 274 g/mol. The minimum Gasteiger partial charge on any atom is -0.0654 e. The highest BCUT2D eigenvalue weighted by Gasteiger charge is 2.29. The van der Waals surface area contributed by atoms with E-state index >= 15 is 0 Å². The molecule has 0 bridgehead atoms. The van der Waals surface area contributed by atoms with Gasteiger partial charge in [0.25, 0.3) is 0 Å². The molecule has 0 saturated heterocycles. The van der Waals surface area contributed by atoms with Gasteiger partial charge in [0, 0.05) is 0 Å². The fraction of sp³-hybridized carbons (Fsp3) is 0.700. The molecule has 0 unspecified atom stereocenters. The van der Waals surface area contributed by atoms with Crippen LogP contribution < -0.4 is 0 Å². The monoisotopic (exact) mass is 274 g/mol. The van der Waals surface area contributed by atoms with Crippen LogP contribution in [0.3, 0.4) is 0 Å². The lowest BCUT2D eigenvalue weighted by molar-refractivity contribution is 0.310. The molecule has 114 valence electrons. The van der Waals surface area contributed by atoms with Crippen molar-refractivity contribution in [3.05, 3.63) is 35.9 Å². The molecule has 0 aliphatic carbocycles. The summed E-state index contributed by atoms with van der Waals surface area (Å²) in [6, 6.07) is 11.3. The molecule has 0 N–H and O–H groups in total. The SMILES string of the molecule is CCCCCC(CCC)(CCCCC)c1ccccc1. The summed E-state index contributed by atoms with van der Waals surface area (Å²) in [5, 5.41) is 0. The highest BCUT2D eigenvalue weighted by Crippen LogP contribution is 2.39. The van der Waals surface area contributed by atoms with E-state index < -0.39 is 0 Å². The van der Waals surface area contributed by atoms with Crippen molar-refractivity contribution in [2.75, 3.05) is 0 Å². The van der Waals surface area contributed by atoms with E-state index in [1.807, 2.05) is 0 Å². The Hall–Kier alpha value is -0.780. The quantitative estimate of drug-likeness (QED) is 0.386. The highest BCUT2D eigenvalue weighted by atomic mass is 14.3. The number of rotatable bonds is 11. The predicted octanol–water partition coefficient (Wildman–Crippen LogP) is 6.89. The molecule has 1 rings (SSSR count). The molecule has 0 aliphatic rings. The Morgan fingerprint density at radius 3 is 1.65 bits per heavy atom. The van der Waals surface area contributed by atoms with E-state index in [-0.39, 0.29) is 0 Å². The zero-order valence-corrected chi connectivity index (χ0v) is 14.0. The summed E-state index contributed by atoms with van der Waals surface area (Å²) >= 11 is 0. The van der Waals surface area contributed by atoms with Crippen molar-refractivity contribution < 1.29 is 0 Å². The standard InChI is InChI=1S/C20H34/c1-4-7-12-17-20(16-6-3,18-13-8-5-2)19-14-10-9-11-15-19/h9-11,14-15H,4-8,12-13,16-18H2,1-3H3. The molecule has 1 aromatic carbocycles. The fourth-order valence-electron chi connectivity index (χ4n) is 3.51. The summed E-state index contributed by atoms with van der Waals surface area (Å²) in [4.78, 5) is 0. The molecule has 0 fully saturated rings. The van der Waals surface area contributed by atoms with E-state index in [1.165, 1.54) is 64.2 Å². The van der Waals surface area contributed by atoms with E-state index in [4.69, 9.17) is 0 Å². The molecule has 0 heteroatoms. The Morgan fingerprint density at radius 1 is 0.650 bits per heavy atom. The first-order valence-electron chi connectivity index (χ1n) is 8.84. The van der Waals surface area contributed by atoms with Gasteiger partial charge in [-0.25, -0.2) is 0 Å². The number of benzene rings is 1. The smallest absolute Gasteiger partial charge is 0.00471 e. The number of unbranched alkanes of at least 4 members (excludes halogenated alkanes) is 4. The van der Waals surface area contributed by atoms with Crippen molar-refractivity contribution in [2.45, 2.75) is 90.4 Å². The molecule has 0 nitrogen and oxygen atoms in total. The highest BCUT2D eigenvalue weighted by molar-refractivity contribution is 5.25. The summed E-state index contributed by atoms with van der Waals surface area (Å²) in [6.07, 6.45) is 13.6. The summed E-state index contributed by atoms with van der Waals surface area (Å²) in [5.74, 6) is 0. The van der Waals surface area contributed by atoms with Crippen molar-refractivity contribution in [1.82, 2.24) is 0 Å². The minimum atomic E-state index is 0.445. The van der Waals surface area contributed by atoms with Crippen LogP contribution in [0.25, 0.3) is 0 Å². The molecule has 1 aromatic rings. The topological polar surface area (TPSA) is 0 Å². The first kappa shape index (κ1) is 17.3. The lowest BCUT2D eigenvalue weighted by Gasteiger charge is -2.35. The summed E-state index contributed by atoms with van der Waals surface area (Å²) < 4.78 is 0. The molecular weight excluding hydrogens is 240 g/mol. The van der Waals surface area contributed by atoms with Crippen molar-refractivity contribution in [1.29, 1.82) is 0 Å². The minimum absolute atomic E-state index is 0.445. The zero-order valence-electron chi connectivity index (χ0n) is 14.0. The molecule has 0 spiro atoms. The summed E-state index contributed by atoms with van der Waals surface area (Å²) in [5.41, 5.74) is 2.04. The lowest BCUT2D eigenvalue weighted by Crippen LogP contribution is -2.26. The van der Waals surface area contributed by atoms with Crippen LogP contribution in [0.4, 0.5) is 0 Å². The van der Waals surface area contributed by atoms with Gasteiger partial charge in [0.05, 0.1) is 0 Å². The van der Waals surface area contributed by atoms with Crippen LogP contribution in [-0.4, -0.2) is 0 Å². The molecule has 0 aliphatic heterocycles. The van der Waals surface area contributed by atoms with Gasteiger partial charge in [0.15, 0.2) is 0 Å². The maximum atomic E-state index is 2.37. The van der Waals surface area contributed by atoms with Crippen molar-refractivity contribution in [3.63, 3.8) is 0 Å². The Kier molecular flexibility index (Phi) is 8.65. The van der Waals surface area contributed by atoms with Crippen molar-refractivity contribution >= 4 is 0 Å². The van der Waals surface area contributed by atoms with Gasteiger partial charge in [0.1, 0.15) is 0 Å². The van der Waals surface area contributed by atoms with Gasteiger partial charge in [0.2, 0.25) is 0 Å². The number of hydrogen-bond donors (Lipinski definition) is 0. The van der Waals surface area contributed by atoms with Gasteiger partial charge in [-0.1, -0.05) is 96.0 Å². The first-order valence-corrected chi connectivity index (χ1v) is 8.84. The van der Waals surface area contributed by atoms with Gasteiger partial charge in [-0.3, -0.25) is 0 Å². The number of hydrogen-bond acceptors (Lipinski definition) is 0. The Labute approximate surface area is 127 Å². The normalized spacial score (nSPS) is 11.8. The van der Waals surface area contributed by atoms with Gasteiger partial charge in [-0.05, 0) is 30.2 Å². The summed E-state index contributed by atoms with van der Waals surface area (Å²) in [6.45, 7) is 6.96. The molecule has 20 heavy (non-hydrogen) atoms. The largest absolute Gasteiger partial charge is 0.0654 e. The molecule has 0 amide bonds. The van der Waals surface area contributed by atoms with Crippen LogP contribution in [0.15, 0.2) is 30.3 Å². The second kappa shape index (κ2) is 10.0. The molecular formula is C20H34. The lowest BCUT2D eigenvalue weighted by atomic mass is 9.69. The first-order chi connectivity index (χ1) is 9.79. The van der Waals surface area contributed by atoms with Crippen LogP contribution in [-0.2, 0) is 5.41 Å². The third kappa shape index (κ3) is 5.31. The van der Waals surface area contributed by atoms with Gasteiger partial charge < -0.3 is 0 Å². The second-order valence-corrected chi connectivity index (χ2v) is 6.31. The predicted molar refractivity (Wildman–Crippen MR) is 91.3 cm³/mol. The average Bonchev–Trinajstić information content (AvgIpc) is 2.48. The van der Waals surface area contributed by atoms with Crippen LogP contribution in [0.2, 0.25) is 0 Å². The van der Waals surface area contributed by atoms with E-state index in [0.29, 0.717) is 5.41 Å². The van der Waals surface area contributed by atoms with Crippen LogP contribution >= 0.6 is 0 Å². The van der Waals surface area contributed by atoms with Crippen LogP contribution in [0.5, 0.6) is 0 Å². The van der Waals surface area contributed by atoms with Crippen LogP contribution in [0.1, 0.15) is 90.5 Å².